The number of halogens is 1. The zero-order valence-corrected chi connectivity index (χ0v) is 12.4. The van der Waals surface area contributed by atoms with Crippen LogP contribution in [0.3, 0.4) is 0 Å². The Balaban J connectivity index is 1.94. The summed E-state index contributed by atoms with van der Waals surface area (Å²) in [6.07, 6.45) is 0.00367. The van der Waals surface area contributed by atoms with Crippen LogP contribution in [0.5, 0.6) is 0 Å². The number of pyridine rings is 1. The van der Waals surface area contributed by atoms with Crippen molar-refractivity contribution in [1.82, 2.24) is 15.2 Å². The normalized spacial score (nSPS) is 19.6. The number of carbonyl (C=O) groups is 1. The van der Waals surface area contributed by atoms with E-state index in [-0.39, 0.29) is 17.7 Å². The maximum Gasteiger partial charge on any atom is 0.271 e. The van der Waals surface area contributed by atoms with E-state index < -0.39 is 0 Å². The van der Waals surface area contributed by atoms with E-state index in [1.807, 2.05) is 7.05 Å². The molecule has 6 nitrogen and oxygen atoms in total. The number of anilines is 1. The molecule has 2 N–H and O–H groups in total. The average Bonchev–Trinajstić information content (AvgIpc) is 2.45. The molecular weight excluding hydrogens is 280 g/mol. The van der Waals surface area contributed by atoms with Crippen molar-refractivity contribution < 1.29 is 9.53 Å². The van der Waals surface area contributed by atoms with E-state index in [4.69, 9.17) is 16.3 Å². The Morgan fingerprint density at radius 2 is 2.40 bits per heavy atom. The molecule has 0 aromatic carbocycles. The third kappa shape index (κ3) is 3.82. The Hall–Kier alpha value is -1.37. The van der Waals surface area contributed by atoms with Gasteiger partial charge in [0.25, 0.3) is 5.91 Å². The van der Waals surface area contributed by atoms with Gasteiger partial charge in [0.05, 0.1) is 17.7 Å². The molecule has 1 amide bonds. The number of likely N-dealkylation sites (N-methyl/N-ethyl adjacent to an activating group) is 1. The lowest BCUT2D eigenvalue weighted by Crippen LogP contribution is -2.46. The highest BCUT2D eigenvalue weighted by Gasteiger charge is 2.20. The summed E-state index contributed by atoms with van der Waals surface area (Å²) in [6, 6.07) is 3.37. The fourth-order valence-electron chi connectivity index (χ4n) is 2.02. The summed E-state index contributed by atoms with van der Waals surface area (Å²) in [7, 11) is 3.77. The van der Waals surface area contributed by atoms with Crippen molar-refractivity contribution in [3.05, 3.63) is 22.8 Å². The molecule has 1 aromatic heterocycles. The van der Waals surface area contributed by atoms with E-state index in [0.717, 1.165) is 13.1 Å². The van der Waals surface area contributed by atoms with Gasteiger partial charge in [-0.3, -0.25) is 4.79 Å². The lowest BCUT2D eigenvalue weighted by Gasteiger charge is -2.30. The molecule has 110 valence electrons. The predicted octanol–water partition coefficient (Wildman–Crippen LogP) is 0.837. The van der Waals surface area contributed by atoms with Gasteiger partial charge < -0.3 is 20.3 Å². The number of nitrogens with zero attached hydrogens (tertiary/aromatic N) is 2. The smallest absolute Gasteiger partial charge is 0.271 e. The third-order valence-corrected chi connectivity index (χ3v) is 3.45. The first-order chi connectivity index (χ1) is 9.60. The SMILES string of the molecule is CNc1ccc(Cl)c(C(=O)NCC2CN(C)CCO2)n1. The highest BCUT2D eigenvalue weighted by atomic mass is 35.5. The van der Waals surface area contributed by atoms with E-state index in [9.17, 15) is 4.79 Å². The summed E-state index contributed by atoms with van der Waals surface area (Å²) in [5, 5.41) is 6.03. The standard InChI is InChI=1S/C13H19ClN4O2/c1-15-11-4-3-10(14)12(17-11)13(19)16-7-9-8-18(2)5-6-20-9/h3-4,9H,5-8H2,1-2H3,(H,15,17)(H,16,19). The second-order valence-electron chi connectivity index (χ2n) is 4.74. The summed E-state index contributed by atoms with van der Waals surface area (Å²) in [4.78, 5) is 18.4. The second kappa shape index (κ2) is 6.88. The zero-order chi connectivity index (χ0) is 14.5. The van der Waals surface area contributed by atoms with Crippen LogP contribution in [-0.4, -0.2) is 62.2 Å². The average molecular weight is 299 g/mol. The van der Waals surface area contributed by atoms with Gasteiger partial charge in [-0.2, -0.15) is 0 Å². The number of nitrogens with one attached hydrogen (secondary N) is 2. The topological polar surface area (TPSA) is 66.5 Å². The number of aromatic nitrogens is 1. The number of amides is 1. The van der Waals surface area contributed by atoms with Crippen molar-refractivity contribution in [2.45, 2.75) is 6.10 Å². The molecular formula is C13H19ClN4O2. The van der Waals surface area contributed by atoms with Gasteiger partial charge in [0.15, 0.2) is 0 Å². The van der Waals surface area contributed by atoms with Gasteiger partial charge in [0.2, 0.25) is 0 Å². The molecule has 1 atom stereocenters. The van der Waals surface area contributed by atoms with Gasteiger partial charge in [-0.1, -0.05) is 11.6 Å². The summed E-state index contributed by atoms with van der Waals surface area (Å²) >= 11 is 6.00. The number of ether oxygens (including phenoxy) is 1. The van der Waals surface area contributed by atoms with Gasteiger partial charge in [-0.15, -0.1) is 0 Å². The Bertz CT molecular complexity index is 483. The molecule has 7 heteroatoms. The van der Waals surface area contributed by atoms with E-state index in [1.54, 1.807) is 19.2 Å². The van der Waals surface area contributed by atoms with Gasteiger partial charge in [0, 0.05) is 26.7 Å². The van der Waals surface area contributed by atoms with Crippen LogP contribution in [0.2, 0.25) is 5.02 Å². The minimum atomic E-state index is -0.288. The van der Waals surface area contributed by atoms with Crippen LogP contribution in [0.25, 0.3) is 0 Å². The number of hydrogen-bond donors (Lipinski definition) is 2. The molecule has 1 unspecified atom stereocenters. The van der Waals surface area contributed by atoms with Crippen LogP contribution in [0.15, 0.2) is 12.1 Å². The minimum Gasteiger partial charge on any atom is -0.374 e. The fourth-order valence-corrected chi connectivity index (χ4v) is 2.21. The molecule has 1 aliphatic heterocycles. The van der Waals surface area contributed by atoms with Crippen LogP contribution in [-0.2, 0) is 4.74 Å². The molecule has 0 bridgehead atoms. The first-order valence-electron chi connectivity index (χ1n) is 6.53. The second-order valence-corrected chi connectivity index (χ2v) is 5.15. The van der Waals surface area contributed by atoms with Crippen molar-refractivity contribution in [3.8, 4) is 0 Å². The third-order valence-electron chi connectivity index (χ3n) is 3.15. The molecule has 20 heavy (non-hydrogen) atoms. The van der Waals surface area contributed by atoms with Crippen LogP contribution < -0.4 is 10.6 Å². The largest absolute Gasteiger partial charge is 0.374 e. The van der Waals surface area contributed by atoms with Crippen LogP contribution >= 0.6 is 11.6 Å². The number of rotatable bonds is 4. The van der Waals surface area contributed by atoms with Gasteiger partial charge >= 0.3 is 0 Å². The number of hydrogen-bond acceptors (Lipinski definition) is 5. The Morgan fingerprint density at radius 3 is 3.10 bits per heavy atom. The maximum absolute atomic E-state index is 12.1. The Morgan fingerprint density at radius 1 is 1.60 bits per heavy atom. The lowest BCUT2D eigenvalue weighted by molar-refractivity contribution is -0.0175. The van der Waals surface area contributed by atoms with Crippen LogP contribution in [0, 0.1) is 0 Å². The van der Waals surface area contributed by atoms with E-state index in [0.29, 0.717) is 24.0 Å². The molecule has 2 rings (SSSR count). The lowest BCUT2D eigenvalue weighted by atomic mass is 10.2. The molecule has 0 spiro atoms. The molecule has 2 heterocycles. The highest BCUT2D eigenvalue weighted by Crippen LogP contribution is 2.16. The first-order valence-corrected chi connectivity index (χ1v) is 6.90. The summed E-state index contributed by atoms with van der Waals surface area (Å²) in [5.41, 5.74) is 0.225. The molecule has 0 aliphatic carbocycles. The number of morpholine rings is 1. The van der Waals surface area contributed by atoms with Crippen molar-refractivity contribution in [1.29, 1.82) is 0 Å². The van der Waals surface area contributed by atoms with Crippen molar-refractivity contribution >= 4 is 23.3 Å². The predicted molar refractivity (Wildman–Crippen MR) is 78.4 cm³/mol. The van der Waals surface area contributed by atoms with Gasteiger partial charge in [-0.05, 0) is 19.2 Å². The van der Waals surface area contributed by atoms with Crippen LogP contribution in [0.4, 0.5) is 5.82 Å². The van der Waals surface area contributed by atoms with Crippen LogP contribution in [0.1, 0.15) is 10.5 Å². The summed E-state index contributed by atoms with van der Waals surface area (Å²) in [5.74, 6) is 0.317. The fraction of sp³-hybridized carbons (Fsp3) is 0.538. The van der Waals surface area contributed by atoms with E-state index in [1.165, 1.54) is 0 Å². The van der Waals surface area contributed by atoms with Gasteiger partial charge in [-0.25, -0.2) is 4.98 Å². The van der Waals surface area contributed by atoms with Gasteiger partial charge in [0.1, 0.15) is 11.5 Å². The summed E-state index contributed by atoms with van der Waals surface area (Å²) < 4.78 is 5.59. The number of carbonyl (C=O) groups excluding carboxylic acids is 1. The molecule has 1 saturated heterocycles. The highest BCUT2D eigenvalue weighted by molar-refractivity contribution is 6.33. The molecule has 1 aromatic rings. The van der Waals surface area contributed by atoms with Crippen molar-refractivity contribution in [3.63, 3.8) is 0 Å². The minimum absolute atomic E-state index is 0.00367. The quantitative estimate of drug-likeness (QED) is 0.862. The molecule has 0 saturated carbocycles. The maximum atomic E-state index is 12.1. The Labute approximate surface area is 123 Å². The van der Waals surface area contributed by atoms with Crippen molar-refractivity contribution in [2.75, 3.05) is 45.7 Å². The molecule has 1 fully saturated rings. The Kier molecular flexibility index (Phi) is 5.17. The van der Waals surface area contributed by atoms with E-state index in [2.05, 4.69) is 20.5 Å². The monoisotopic (exact) mass is 298 g/mol. The zero-order valence-electron chi connectivity index (χ0n) is 11.6. The van der Waals surface area contributed by atoms with Crippen molar-refractivity contribution in [2.24, 2.45) is 0 Å². The molecule has 1 aliphatic rings. The summed E-state index contributed by atoms with van der Waals surface area (Å²) in [6.45, 7) is 2.86. The first kappa shape index (κ1) is 15.0. The molecule has 0 radical (unpaired) electrons. The van der Waals surface area contributed by atoms with E-state index >= 15 is 0 Å².